The van der Waals surface area contributed by atoms with E-state index in [1.165, 1.54) is 19.5 Å². The first-order valence-corrected chi connectivity index (χ1v) is 8.49. The lowest BCUT2D eigenvalue weighted by Gasteiger charge is -2.44. The minimum atomic E-state index is 0.123. The quantitative estimate of drug-likeness (QED) is 0.823. The molecule has 4 atom stereocenters. The summed E-state index contributed by atoms with van der Waals surface area (Å²) in [5.41, 5.74) is 2.72. The van der Waals surface area contributed by atoms with Crippen LogP contribution in [0.15, 0.2) is 23.2 Å². The van der Waals surface area contributed by atoms with Crippen LogP contribution >= 0.6 is 0 Å². The van der Waals surface area contributed by atoms with E-state index >= 15 is 0 Å². The molecule has 1 aromatic carbocycles. The third kappa shape index (κ3) is 1.89. The Labute approximate surface area is 135 Å². The summed E-state index contributed by atoms with van der Waals surface area (Å²) in [6.07, 6.45) is 1.25. The molecule has 1 aromatic rings. The zero-order valence-electron chi connectivity index (χ0n) is 13.4. The highest BCUT2D eigenvalue weighted by Crippen LogP contribution is 2.42. The van der Waals surface area contributed by atoms with Gasteiger partial charge in [0, 0.05) is 31.2 Å². The van der Waals surface area contributed by atoms with Crippen LogP contribution in [0.3, 0.4) is 0 Å². The van der Waals surface area contributed by atoms with Gasteiger partial charge in [-0.1, -0.05) is 6.07 Å². The molecular weight excluding hydrogens is 290 g/mol. The van der Waals surface area contributed by atoms with E-state index in [1.54, 1.807) is 7.11 Å². The van der Waals surface area contributed by atoms with E-state index < -0.39 is 0 Å². The highest BCUT2D eigenvalue weighted by molar-refractivity contribution is 6.46. The maximum atomic E-state index is 13.2. The Bertz CT molecular complexity index is 714. The number of rotatable bonds is 2. The van der Waals surface area contributed by atoms with Crippen molar-refractivity contribution in [2.45, 2.75) is 19.0 Å². The number of nitrogens with zero attached hydrogens (tertiary/aromatic N) is 3. The molecule has 23 heavy (non-hydrogen) atoms. The largest absolute Gasteiger partial charge is 0.497 e. The van der Waals surface area contributed by atoms with Gasteiger partial charge in [-0.2, -0.15) is 0 Å². The van der Waals surface area contributed by atoms with Crippen molar-refractivity contribution in [3.05, 3.63) is 29.3 Å². The molecule has 5 aliphatic heterocycles. The number of hydrogen-bond acceptors (Lipinski definition) is 4. The highest BCUT2D eigenvalue weighted by atomic mass is 16.5. The van der Waals surface area contributed by atoms with Crippen LogP contribution in [0.1, 0.15) is 17.5 Å². The van der Waals surface area contributed by atoms with Crippen molar-refractivity contribution >= 4 is 11.6 Å². The summed E-state index contributed by atoms with van der Waals surface area (Å²) in [5.74, 6) is 2.28. The predicted octanol–water partition coefficient (Wildman–Crippen LogP) is 1.16. The Morgan fingerprint density at radius 2 is 2.22 bits per heavy atom. The molecule has 0 aliphatic carbocycles. The summed E-state index contributed by atoms with van der Waals surface area (Å²) in [4.78, 5) is 22.4. The van der Waals surface area contributed by atoms with E-state index in [2.05, 4.69) is 14.8 Å². The number of likely N-dealkylation sites (tertiary alicyclic amines) is 1. The minimum Gasteiger partial charge on any atom is -0.497 e. The number of aliphatic imine (C=N–C) groups is 1. The van der Waals surface area contributed by atoms with Gasteiger partial charge in [0.15, 0.2) is 0 Å². The number of benzene rings is 1. The van der Waals surface area contributed by atoms with Gasteiger partial charge in [0.25, 0.3) is 5.91 Å². The Morgan fingerprint density at radius 1 is 1.30 bits per heavy atom. The van der Waals surface area contributed by atoms with Gasteiger partial charge in [0.05, 0.1) is 13.7 Å². The Kier molecular flexibility index (Phi) is 2.83. The van der Waals surface area contributed by atoms with Crippen LogP contribution < -0.4 is 4.74 Å². The van der Waals surface area contributed by atoms with Crippen molar-refractivity contribution in [1.82, 2.24) is 9.80 Å². The molecule has 0 spiro atoms. The van der Waals surface area contributed by atoms with Gasteiger partial charge in [-0.05, 0) is 42.5 Å². The fourth-order valence-electron chi connectivity index (χ4n) is 4.95. The highest BCUT2D eigenvalue weighted by Gasteiger charge is 2.51. The van der Waals surface area contributed by atoms with E-state index in [4.69, 9.17) is 4.74 Å². The summed E-state index contributed by atoms with van der Waals surface area (Å²) in [5, 5.41) is 0. The predicted molar refractivity (Wildman–Crippen MR) is 86.8 cm³/mol. The summed E-state index contributed by atoms with van der Waals surface area (Å²) in [7, 11) is 1.66. The van der Waals surface area contributed by atoms with Crippen LogP contribution in [0, 0.1) is 11.8 Å². The van der Waals surface area contributed by atoms with Crippen molar-refractivity contribution in [3.8, 4) is 5.75 Å². The molecule has 5 heteroatoms. The van der Waals surface area contributed by atoms with Gasteiger partial charge in [-0.15, -0.1) is 0 Å². The molecule has 1 unspecified atom stereocenters. The molecule has 6 rings (SSSR count). The number of amides is 1. The topological polar surface area (TPSA) is 45.1 Å². The molecule has 4 saturated heterocycles. The fourth-order valence-corrected chi connectivity index (χ4v) is 4.95. The second-order valence-corrected chi connectivity index (χ2v) is 7.18. The smallest absolute Gasteiger partial charge is 0.272 e. The monoisotopic (exact) mass is 311 g/mol. The second kappa shape index (κ2) is 4.81. The molecule has 120 valence electrons. The van der Waals surface area contributed by atoms with E-state index in [1.807, 2.05) is 18.2 Å². The molecule has 5 heterocycles. The maximum absolute atomic E-state index is 13.2. The Hall–Kier alpha value is -1.88. The number of carbonyl (C=O) groups excluding carboxylic acids is 1. The molecule has 1 amide bonds. The third-order valence-corrected chi connectivity index (χ3v) is 6.09. The maximum Gasteiger partial charge on any atom is 0.272 e. The van der Waals surface area contributed by atoms with E-state index in [0.29, 0.717) is 30.1 Å². The number of piperidine rings is 3. The van der Waals surface area contributed by atoms with Gasteiger partial charge in [-0.25, -0.2) is 0 Å². The molecule has 0 radical (unpaired) electrons. The molecule has 4 fully saturated rings. The van der Waals surface area contributed by atoms with E-state index in [9.17, 15) is 4.79 Å². The lowest BCUT2D eigenvalue weighted by Crippen LogP contribution is -2.54. The fraction of sp³-hybridized carbons (Fsp3) is 0.556. The SMILES string of the molecule is COc1ccc2c(c1)C(C(=O)N1C[C@@H]3CN4CC[C@@H]3[C@@H]1C4)=NC2. The lowest BCUT2D eigenvalue weighted by molar-refractivity contribution is -0.125. The number of carbonyl (C=O) groups is 1. The third-order valence-electron chi connectivity index (χ3n) is 6.09. The van der Waals surface area contributed by atoms with Gasteiger partial charge in [0.2, 0.25) is 0 Å². The zero-order chi connectivity index (χ0) is 15.6. The number of ether oxygens (including phenoxy) is 1. The Morgan fingerprint density at radius 3 is 3.00 bits per heavy atom. The molecule has 0 aromatic heterocycles. The van der Waals surface area contributed by atoms with Crippen LogP contribution in [0.2, 0.25) is 0 Å². The molecule has 4 bridgehead atoms. The summed E-state index contributed by atoms with van der Waals surface area (Å²) in [6, 6.07) is 6.31. The van der Waals surface area contributed by atoms with Crippen molar-refractivity contribution in [2.24, 2.45) is 16.8 Å². The van der Waals surface area contributed by atoms with Gasteiger partial charge in [-0.3, -0.25) is 9.79 Å². The van der Waals surface area contributed by atoms with Gasteiger partial charge in [0.1, 0.15) is 11.5 Å². The second-order valence-electron chi connectivity index (χ2n) is 7.18. The summed E-state index contributed by atoms with van der Waals surface area (Å²) < 4.78 is 5.32. The van der Waals surface area contributed by atoms with Crippen molar-refractivity contribution in [1.29, 1.82) is 0 Å². The lowest BCUT2D eigenvalue weighted by atomic mass is 9.80. The molecular formula is C18H21N3O2. The first kappa shape index (κ1) is 13.5. The van der Waals surface area contributed by atoms with Crippen molar-refractivity contribution < 1.29 is 9.53 Å². The van der Waals surface area contributed by atoms with E-state index in [-0.39, 0.29) is 5.91 Å². The summed E-state index contributed by atoms with van der Waals surface area (Å²) >= 11 is 0. The average Bonchev–Trinajstić information content (AvgIpc) is 3.13. The zero-order valence-corrected chi connectivity index (χ0v) is 13.4. The average molecular weight is 311 g/mol. The first-order valence-electron chi connectivity index (χ1n) is 8.49. The van der Waals surface area contributed by atoms with Crippen LogP contribution in [0.5, 0.6) is 5.75 Å². The number of hydrogen-bond donors (Lipinski definition) is 0. The van der Waals surface area contributed by atoms with Gasteiger partial charge >= 0.3 is 0 Å². The molecule has 0 N–H and O–H groups in total. The van der Waals surface area contributed by atoms with Crippen LogP contribution in [0.4, 0.5) is 0 Å². The van der Waals surface area contributed by atoms with E-state index in [0.717, 1.165) is 30.0 Å². The van der Waals surface area contributed by atoms with Crippen molar-refractivity contribution in [2.75, 3.05) is 33.3 Å². The molecule has 0 saturated carbocycles. The molecule has 5 nitrogen and oxygen atoms in total. The first-order chi connectivity index (χ1) is 11.2. The van der Waals surface area contributed by atoms with Crippen molar-refractivity contribution in [3.63, 3.8) is 0 Å². The standard InChI is InChI=1S/C18H21N3O2/c1-23-13-3-2-11-7-19-17(15(11)6-13)18(22)21-9-12-8-20-5-4-14(12)16(21)10-20/h2-3,6,12,14,16H,4-5,7-10H2,1H3/t12-,14-,16-/m0/s1. The number of fused-ring (bicyclic) bond motifs is 2. The Balaban J connectivity index is 1.45. The van der Waals surface area contributed by atoms with Crippen LogP contribution in [0.25, 0.3) is 0 Å². The van der Waals surface area contributed by atoms with Gasteiger partial charge < -0.3 is 14.5 Å². The summed E-state index contributed by atoms with van der Waals surface area (Å²) in [6.45, 7) is 4.94. The number of methoxy groups -OCH3 is 1. The van der Waals surface area contributed by atoms with Crippen LogP contribution in [-0.2, 0) is 11.3 Å². The minimum absolute atomic E-state index is 0.123. The normalized spacial score (nSPS) is 33.6. The molecule has 5 aliphatic rings. The van der Waals surface area contributed by atoms with Crippen LogP contribution in [-0.4, -0.2) is 60.7 Å².